The number of hydrogen-bond acceptors (Lipinski definition) is 6. The van der Waals surface area contributed by atoms with Gasteiger partial charge in [-0.1, -0.05) is 19.1 Å². The molecule has 2 N–H and O–H groups in total. The average Bonchev–Trinajstić information content (AvgIpc) is 2.83. The van der Waals surface area contributed by atoms with Crippen LogP contribution in [0.1, 0.15) is 23.7 Å². The Hall–Kier alpha value is -1.88. The van der Waals surface area contributed by atoms with Crippen LogP contribution in [0.5, 0.6) is 0 Å². The van der Waals surface area contributed by atoms with Gasteiger partial charge in [-0.05, 0) is 52.7 Å². The quantitative estimate of drug-likeness (QED) is 0.648. The van der Waals surface area contributed by atoms with Gasteiger partial charge in [-0.3, -0.25) is 4.79 Å². The van der Waals surface area contributed by atoms with Crippen molar-refractivity contribution in [3.63, 3.8) is 0 Å². The molecule has 1 aliphatic heterocycles. The van der Waals surface area contributed by atoms with Crippen LogP contribution in [-0.4, -0.2) is 38.7 Å². The lowest BCUT2D eigenvalue weighted by atomic mass is 10.2. The fourth-order valence-corrected chi connectivity index (χ4v) is 4.93. The van der Waals surface area contributed by atoms with Crippen molar-refractivity contribution in [1.82, 2.24) is 0 Å². The minimum atomic E-state index is -3.97. The zero-order valence-corrected chi connectivity index (χ0v) is 18.7. The Morgan fingerprint density at radius 3 is 2.72 bits per heavy atom. The molecule has 1 heterocycles. The number of amides is 1. The molecule has 1 aliphatic rings. The van der Waals surface area contributed by atoms with E-state index in [1.165, 1.54) is 12.1 Å². The van der Waals surface area contributed by atoms with E-state index in [1.54, 1.807) is 16.7 Å². The Bertz CT molecular complexity index is 1060. The van der Waals surface area contributed by atoms with Crippen molar-refractivity contribution >= 4 is 55.3 Å². The zero-order chi connectivity index (χ0) is 21.2. The van der Waals surface area contributed by atoms with Gasteiger partial charge < -0.3 is 9.64 Å². The molecule has 0 saturated heterocycles. The summed E-state index contributed by atoms with van der Waals surface area (Å²) in [6, 6.07) is 11.4. The molecule has 0 bridgehead atoms. The minimum absolute atomic E-state index is 0.0234. The number of nitrogens with zero attached hydrogens (tertiary/aromatic N) is 1. The number of anilines is 1. The lowest BCUT2D eigenvalue weighted by Crippen LogP contribution is -2.35. The van der Waals surface area contributed by atoms with Crippen molar-refractivity contribution in [3.05, 3.63) is 52.5 Å². The van der Waals surface area contributed by atoms with Crippen molar-refractivity contribution in [1.29, 1.82) is 0 Å². The number of nitrogens with two attached hydrogens (primary N) is 1. The summed E-state index contributed by atoms with van der Waals surface area (Å²) in [7, 11) is -3.97. The second-order valence-corrected chi connectivity index (χ2v) is 10.4. The van der Waals surface area contributed by atoms with Crippen LogP contribution in [0, 0.1) is 0 Å². The molecule has 1 unspecified atom stereocenters. The van der Waals surface area contributed by atoms with Crippen molar-refractivity contribution < 1.29 is 22.7 Å². The molecule has 7 nitrogen and oxygen atoms in total. The van der Waals surface area contributed by atoms with Crippen LogP contribution < -0.4 is 10.0 Å². The summed E-state index contributed by atoms with van der Waals surface area (Å²) in [5.41, 5.74) is 0.769. The Morgan fingerprint density at radius 2 is 2.00 bits per heavy atom. The monoisotopic (exact) mass is 498 g/mol. The van der Waals surface area contributed by atoms with E-state index in [2.05, 4.69) is 22.9 Å². The van der Waals surface area contributed by atoms with Crippen LogP contribution in [0.4, 0.5) is 5.69 Å². The fourth-order valence-electron chi connectivity index (χ4n) is 2.87. The van der Waals surface area contributed by atoms with E-state index >= 15 is 0 Å². The molecule has 1 atom stereocenters. The third-order valence-corrected chi connectivity index (χ3v) is 7.20. The number of ether oxygens (including phenoxy) is 1. The van der Waals surface area contributed by atoms with Crippen molar-refractivity contribution in [2.75, 3.05) is 18.1 Å². The third-order valence-electron chi connectivity index (χ3n) is 4.36. The minimum Gasteiger partial charge on any atom is -0.452 e. The molecule has 1 amide bonds. The number of esters is 1. The highest BCUT2D eigenvalue weighted by molar-refractivity contribution is 9.10. The number of hydrogen-bond donors (Lipinski definition) is 1. The Morgan fingerprint density at radius 1 is 1.28 bits per heavy atom. The topological polar surface area (TPSA) is 107 Å². The molecule has 0 aromatic heterocycles. The van der Waals surface area contributed by atoms with Gasteiger partial charge in [0.25, 0.3) is 5.91 Å². The highest BCUT2D eigenvalue weighted by Crippen LogP contribution is 2.37. The van der Waals surface area contributed by atoms with Gasteiger partial charge in [0.1, 0.15) is 0 Å². The SMILES string of the molecule is CC1CCN(C(=O)COC(=O)c2cc(S(N)(=O)=O)ccc2Br)c2ccccc2S1. The molecule has 0 saturated carbocycles. The van der Waals surface area contributed by atoms with Crippen molar-refractivity contribution in [2.45, 2.75) is 28.4 Å². The maximum absolute atomic E-state index is 12.8. The lowest BCUT2D eigenvalue weighted by Gasteiger charge is -2.22. The summed E-state index contributed by atoms with van der Waals surface area (Å²) < 4.78 is 28.5. The Labute approximate surface area is 181 Å². The molecule has 2 aromatic rings. The molecule has 3 rings (SSSR count). The first kappa shape index (κ1) is 21.8. The summed E-state index contributed by atoms with van der Waals surface area (Å²) in [6.45, 7) is 2.16. The van der Waals surface area contributed by atoms with E-state index in [9.17, 15) is 18.0 Å². The van der Waals surface area contributed by atoms with E-state index in [-0.39, 0.29) is 16.4 Å². The number of sulfonamides is 1. The molecule has 0 radical (unpaired) electrons. The number of rotatable bonds is 4. The van der Waals surface area contributed by atoms with Crippen molar-refractivity contribution in [2.24, 2.45) is 5.14 Å². The molecule has 2 aromatic carbocycles. The Kier molecular flexibility index (Phi) is 6.67. The largest absolute Gasteiger partial charge is 0.452 e. The van der Waals surface area contributed by atoms with Crippen LogP contribution in [0.3, 0.4) is 0 Å². The first-order valence-electron chi connectivity index (χ1n) is 8.72. The molecule has 29 heavy (non-hydrogen) atoms. The number of fused-ring (bicyclic) bond motifs is 1. The predicted octanol–water partition coefficient (Wildman–Crippen LogP) is 3.17. The molecule has 0 fully saturated rings. The Balaban J connectivity index is 1.75. The molecule has 0 aliphatic carbocycles. The van der Waals surface area contributed by atoms with Crippen LogP contribution in [0.2, 0.25) is 0 Å². The fraction of sp³-hybridized carbons (Fsp3) is 0.263. The van der Waals surface area contributed by atoms with E-state index in [1.807, 2.05) is 24.3 Å². The second kappa shape index (κ2) is 8.86. The predicted molar refractivity (Wildman–Crippen MR) is 115 cm³/mol. The van der Waals surface area contributed by atoms with Crippen LogP contribution in [0.15, 0.2) is 56.7 Å². The number of primary sulfonamides is 1. The molecular weight excluding hydrogens is 480 g/mol. The summed E-state index contributed by atoms with van der Waals surface area (Å²) >= 11 is 4.89. The molecule has 154 valence electrons. The van der Waals surface area contributed by atoms with Gasteiger partial charge in [0, 0.05) is 21.2 Å². The summed E-state index contributed by atoms with van der Waals surface area (Å²) in [5, 5.41) is 5.46. The zero-order valence-electron chi connectivity index (χ0n) is 15.5. The van der Waals surface area contributed by atoms with E-state index in [0.717, 1.165) is 23.1 Å². The van der Waals surface area contributed by atoms with Gasteiger partial charge in [0.15, 0.2) is 6.61 Å². The average molecular weight is 499 g/mol. The molecule has 0 spiro atoms. The number of thioether (sulfide) groups is 1. The van der Waals surface area contributed by atoms with E-state index in [4.69, 9.17) is 9.88 Å². The van der Waals surface area contributed by atoms with E-state index in [0.29, 0.717) is 16.3 Å². The number of para-hydroxylation sites is 1. The molecular formula is C19H19BrN2O5S2. The highest BCUT2D eigenvalue weighted by Gasteiger charge is 2.25. The third kappa shape index (κ3) is 5.19. The normalized spacial score (nSPS) is 16.7. The number of halogens is 1. The smallest absolute Gasteiger partial charge is 0.339 e. The first-order valence-corrected chi connectivity index (χ1v) is 11.9. The first-order chi connectivity index (χ1) is 13.7. The summed E-state index contributed by atoms with van der Waals surface area (Å²) in [5.74, 6) is -1.17. The van der Waals surface area contributed by atoms with Crippen molar-refractivity contribution in [3.8, 4) is 0 Å². The van der Waals surface area contributed by atoms with E-state index < -0.39 is 22.6 Å². The maximum atomic E-state index is 12.8. The molecule has 10 heteroatoms. The lowest BCUT2D eigenvalue weighted by molar-refractivity contribution is -0.121. The standard InChI is InChI=1S/C19H19BrN2O5S2/c1-12-8-9-22(16-4-2-3-5-17(16)28-12)18(23)11-27-19(24)14-10-13(29(21,25)26)6-7-15(14)20/h2-7,10,12H,8-9,11H2,1H3,(H2,21,25,26). The number of carbonyl (C=O) groups is 2. The summed E-state index contributed by atoms with van der Waals surface area (Å²) in [4.78, 5) is 27.6. The second-order valence-electron chi connectivity index (χ2n) is 6.49. The van der Waals surface area contributed by atoms with Gasteiger partial charge in [0.2, 0.25) is 10.0 Å². The maximum Gasteiger partial charge on any atom is 0.339 e. The number of carbonyl (C=O) groups excluding carboxylic acids is 2. The van der Waals surface area contributed by atoms with Gasteiger partial charge in [-0.2, -0.15) is 0 Å². The van der Waals surface area contributed by atoms with Gasteiger partial charge in [-0.15, -0.1) is 11.8 Å². The van der Waals surface area contributed by atoms with Gasteiger partial charge >= 0.3 is 5.97 Å². The van der Waals surface area contributed by atoms with Gasteiger partial charge in [-0.25, -0.2) is 18.4 Å². The van der Waals surface area contributed by atoms with Gasteiger partial charge in [0.05, 0.1) is 16.1 Å². The number of benzene rings is 2. The van der Waals surface area contributed by atoms with Crippen LogP contribution in [-0.2, 0) is 19.6 Å². The van der Waals surface area contributed by atoms with Crippen LogP contribution in [0.25, 0.3) is 0 Å². The van der Waals surface area contributed by atoms with Crippen LogP contribution >= 0.6 is 27.7 Å². The summed E-state index contributed by atoms with van der Waals surface area (Å²) in [6.07, 6.45) is 0.807. The highest BCUT2D eigenvalue weighted by atomic mass is 79.9.